The molecule has 2 aliphatic rings. The maximum absolute atomic E-state index is 13.5. The van der Waals surface area contributed by atoms with Crippen LogP contribution in [0.5, 0.6) is 0 Å². The molecule has 1 aromatic rings. The molecule has 0 aromatic heterocycles. The number of hydrogen-bond acceptors (Lipinski definition) is 3. The van der Waals surface area contributed by atoms with E-state index in [0.29, 0.717) is 10.5 Å². The Morgan fingerprint density at radius 3 is 2.90 bits per heavy atom. The lowest BCUT2D eigenvalue weighted by Gasteiger charge is -2.42. The van der Waals surface area contributed by atoms with Crippen LogP contribution in [0.3, 0.4) is 0 Å². The van der Waals surface area contributed by atoms with Gasteiger partial charge in [-0.15, -0.1) is 0 Å². The summed E-state index contributed by atoms with van der Waals surface area (Å²) >= 11 is 3.29. The quantitative estimate of drug-likeness (QED) is 0.910. The summed E-state index contributed by atoms with van der Waals surface area (Å²) in [6.07, 6.45) is 2.66. The number of benzene rings is 1. The molecule has 0 amide bonds. The third kappa shape index (κ3) is 2.91. The van der Waals surface area contributed by atoms with Crippen LogP contribution in [0.1, 0.15) is 24.4 Å². The monoisotopic (exact) mass is 342 g/mol. The number of nitrogens with zero attached hydrogens (tertiary/aromatic N) is 1. The first-order chi connectivity index (χ1) is 9.70. The molecule has 1 saturated heterocycles. The Morgan fingerprint density at radius 2 is 2.25 bits per heavy atom. The van der Waals surface area contributed by atoms with Crippen molar-refractivity contribution >= 4 is 15.9 Å². The highest BCUT2D eigenvalue weighted by atomic mass is 79.9. The van der Waals surface area contributed by atoms with Crippen LogP contribution < -0.4 is 5.32 Å². The summed E-state index contributed by atoms with van der Waals surface area (Å²) in [5.74, 6) is -0.214. The number of ether oxygens (including phenoxy) is 1. The molecule has 5 heteroatoms. The summed E-state index contributed by atoms with van der Waals surface area (Å²) < 4.78 is 20.0. The Hall–Kier alpha value is -0.490. The van der Waals surface area contributed by atoms with Gasteiger partial charge in [0.2, 0.25) is 0 Å². The molecule has 110 valence electrons. The van der Waals surface area contributed by atoms with Gasteiger partial charge in [-0.05, 0) is 53.5 Å². The SMILES string of the molecule is CNCC1OCCN(C2CC2)C1c1ccc(F)c(Br)c1. The van der Waals surface area contributed by atoms with E-state index >= 15 is 0 Å². The maximum Gasteiger partial charge on any atom is 0.137 e. The van der Waals surface area contributed by atoms with Crippen LogP contribution in [0.25, 0.3) is 0 Å². The number of halogens is 2. The Balaban J connectivity index is 1.91. The lowest BCUT2D eigenvalue weighted by Crippen LogP contribution is -2.49. The maximum atomic E-state index is 13.5. The first-order valence-electron chi connectivity index (χ1n) is 7.17. The molecule has 3 nitrogen and oxygen atoms in total. The van der Waals surface area contributed by atoms with E-state index in [0.717, 1.165) is 25.3 Å². The number of likely N-dealkylation sites (N-methyl/N-ethyl adjacent to an activating group) is 1. The van der Waals surface area contributed by atoms with Crippen molar-refractivity contribution in [3.63, 3.8) is 0 Å². The molecular weight excluding hydrogens is 323 g/mol. The van der Waals surface area contributed by atoms with E-state index in [4.69, 9.17) is 4.74 Å². The minimum absolute atomic E-state index is 0.117. The summed E-state index contributed by atoms with van der Waals surface area (Å²) in [4.78, 5) is 2.53. The Labute approximate surface area is 127 Å². The first kappa shape index (κ1) is 14.4. The minimum Gasteiger partial charge on any atom is -0.374 e. The zero-order valence-corrected chi connectivity index (χ0v) is 13.2. The van der Waals surface area contributed by atoms with E-state index in [2.05, 4.69) is 26.1 Å². The van der Waals surface area contributed by atoms with Crippen molar-refractivity contribution in [2.75, 3.05) is 26.7 Å². The van der Waals surface area contributed by atoms with Crippen LogP contribution in [0.4, 0.5) is 4.39 Å². The summed E-state index contributed by atoms with van der Waals surface area (Å²) in [6, 6.07) is 6.20. The van der Waals surface area contributed by atoms with Gasteiger partial charge in [-0.1, -0.05) is 6.07 Å². The van der Waals surface area contributed by atoms with Gasteiger partial charge >= 0.3 is 0 Å². The topological polar surface area (TPSA) is 24.5 Å². The number of morpholine rings is 1. The van der Waals surface area contributed by atoms with Gasteiger partial charge in [0.1, 0.15) is 5.82 Å². The van der Waals surface area contributed by atoms with Crippen LogP contribution in [0.15, 0.2) is 22.7 Å². The third-order valence-electron chi connectivity index (χ3n) is 4.10. The predicted molar refractivity (Wildman–Crippen MR) is 80.2 cm³/mol. The zero-order chi connectivity index (χ0) is 14.1. The van der Waals surface area contributed by atoms with Crippen LogP contribution >= 0.6 is 15.9 Å². The first-order valence-corrected chi connectivity index (χ1v) is 7.97. The smallest absolute Gasteiger partial charge is 0.137 e. The van der Waals surface area contributed by atoms with E-state index in [1.165, 1.54) is 18.9 Å². The number of hydrogen-bond donors (Lipinski definition) is 1. The van der Waals surface area contributed by atoms with Crippen molar-refractivity contribution in [2.24, 2.45) is 0 Å². The highest BCUT2D eigenvalue weighted by Gasteiger charge is 2.41. The zero-order valence-electron chi connectivity index (χ0n) is 11.6. The molecule has 1 aliphatic heterocycles. The highest BCUT2D eigenvalue weighted by molar-refractivity contribution is 9.10. The summed E-state index contributed by atoms with van der Waals surface area (Å²) in [5.41, 5.74) is 1.13. The molecule has 2 fully saturated rings. The molecule has 0 spiro atoms. The molecule has 2 atom stereocenters. The Morgan fingerprint density at radius 1 is 1.45 bits per heavy atom. The third-order valence-corrected chi connectivity index (χ3v) is 4.70. The summed E-state index contributed by atoms with van der Waals surface area (Å²) in [5, 5.41) is 3.21. The molecule has 1 aliphatic carbocycles. The molecular formula is C15H20BrFN2O. The van der Waals surface area contributed by atoms with Gasteiger partial charge in [0.05, 0.1) is 23.2 Å². The van der Waals surface area contributed by atoms with Crippen molar-refractivity contribution in [3.05, 3.63) is 34.1 Å². The average molecular weight is 343 g/mol. The second-order valence-corrected chi connectivity index (χ2v) is 6.41. The molecule has 1 heterocycles. The van der Waals surface area contributed by atoms with E-state index in [1.54, 1.807) is 0 Å². The van der Waals surface area contributed by atoms with Gasteiger partial charge in [-0.25, -0.2) is 4.39 Å². The van der Waals surface area contributed by atoms with Crippen LogP contribution in [0, 0.1) is 5.82 Å². The Kier molecular flexibility index (Phi) is 4.40. The molecule has 1 aromatic carbocycles. The van der Waals surface area contributed by atoms with Gasteiger partial charge in [0.15, 0.2) is 0 Å². The summed E-state index contributed by atoms with van der Waals surface area (Å²) in [7, 11) is 1.94. The lowest BCUT2D eigenvalue weighted by atomic mass is 9.97. The molecule has 3 rings (SSSR count). The van der Waals surface area contributed by atoms with Crippen LogP contribution in [-0.2, 0) is 4.74 Å². The van der Waals surface area contributed by atoms with Crippen molar-refractivity contribution in [3.8, 4) is 0 Å². The molecule has 0 radical (unpaired) electrons. The van der Waals surface area contributed by atoms with Crippen molar-refractivity contribution in [1.29, 1.82) is 0 Å². The molecule has 1 saturated carbocycles. The van der Waals surface area contributed by atoms with Gasteiger partial charge in [0, 0.05) is 19.1 Å². The average Bonchev–Trinajstić information content (AvgIpc) is 3.27. The molecule has 2 unspecified atom stereocenters. The Bertz CT molecular complexity index is 479. The fourth-order valence-electron chi connectivity index (χ4n) is 3.04. The van der Waals surface area contributed by atoms with Crippen molar-refractivity contribution in [2.45, 2.75) is 31.0 Å². The predicted octanol–water partition coefficient (Wildman–Crippen LogP) is 2.71. The van der Waals surface area contributed by atoms with Crippen molar-refractivity contribution < 1.29 is 9.13 Å². The van der Waals surface area contributed by atoms with E-state index in [1.807, 2.05) is 19.2 Å². The normalized spacial score (nSPS) is 27.8. The van der Waals surface area contributed by atoms with E-state index in [-0.39, 0.29) is 18.0 Å². The molecule has 1 N–H and O–H groups in total. The number of rotatable bonds is 4. The standard InChI is InChI=1S/C15H20BrFN2O/c1-18-9-14-15(10-2-5-13(17)12(16)8-10)19(6-7-20-14)11-3-4-11/h2,5,8,11,14-15,18H,3-4,6-7,9H2,1H3. The number of nitrogens with one attached hydrogen (secondary N) is 1. The van der Waals surface area contributed by atoms with Gasteiger partial charge < -0.3 is 10.1 Å². The minimum atomic E-state index is -0.214. The fourth-order valence-corrected chi connectivity index (χ4v) is 3.44. The lowest BCUT2D eigenvalue weighted by molar-refractivity contribution is -0.0740. The second-order valence-electron chi connectivity index (χ2n) is 5.55. The van der Waals surface area contributed by atoms with Gasteiger partial charge in [0.25, 0.3) is 0 Å². The van der Waals surface area contributed by atoms with Crippen molar-refractivity contribution in [1.82, 2.24) is 10.2 Å². The second kappa shape index (κ2) is 6.10. The van der Waals surface area contributed by atoms with E-state index in [9.17, 15) is 4.39 Å². The van der Waals surface area contributed by atoms with Gasteiger partial charge in [-0.2, -0.15) is 0 Å². The van der Waals surface area contributed by atoms with Crippen LogP contribution in [-0.4, -0.2) is 43.8 Å². The largest absolute Gasteiger partial charge is 0.374 e. The molecule has 20 heavy (non-hydrogen) atoms. The highest BCUT2D eigenvalue weighted by Crippen LogP contribution is 2.39. The molecule has 0 bridgehead atoms. The van der Waals surface area contributed by atoms with Gasteiger partial charge in [-0.3, -0.25) is 4.90 Å². The van der Waals surface area contributed by atoms with Crippen LogP contribution in [0.2, 0.25) is 0 Å². The summed E-state index contributed by atoms with van der Waals surface area (Å²) in [6.45, 7) is 2.55. The van der Waals surface area contributed by atoms with E-state index < -0.39 is 0 Å². The fraction of sp³-hybridized carbons (Fsp3) is 0.600.